The van der Waals surface area contributed by atoms with Crippen LogP contribution in [0, 0.1) is 11.6 Å². The third kappa shape index (κ3) is 4.28. The van der Waals surface area contributed by atoms with Gasteiger partial charge in [0.2, 0.25) is 5.91 Å². The number of carbonyl (C=O) groups is 1. The maximum atomic E-state index is 13.4. The second-order valence-corrected chi connectivity index (χ2v) is 4.86. The van der Waals surface area contributed by atoms with E-state index in [1.807, 2.05) is 0 Å². The summed E-state index contributed by atoms with van der Waals surface area (Å²) in [5.74, 6) is -1.36. The number of benzene rings is 1. The Hall–Kier alpha value is -1.49. The fraction of sp³-hybridized carbons (Fsp3) is 0.500. The van der Waals surface area contributed by atoms with E-state index in [1.54, 1.807) is 0 Å². The average Bonchev–Trinajstić information content (AvgIpc) is 2.42. The Bertz CT molecular complexity index is 445. The maximum absolute atomic E-state index is 13.4. The first-order chi connectivity index (χ1) is 9.15. The molecule has 0 saturated carbocycles. The monoisotopic (exact) mass is 268 g/mol. The molecule has 1 fully saturated rings. The zero-order valence-electron chi connectivity index (χ0n) is 10.7. The zero-order chi connectivity index (χ0) is 13.7. The molecule has 0 spiro atoms. The van der Waals surface area contributed by atoms with Gasteiger partial charge in [-0.3, -0.25) is 4.79 Å². The van der Waals surface area contributed by atoms with Crippen LogP contribution in [0.4, 0.5) is 8.78 Å². The van der Waals surface area contributed by atoms with Gasteiger partial charge in [0.15, 0.2) is 0 Å². The standard InChI is InChI=1S/C14H18F2N2O/c15-11-4-5-13(16)10(7-11)8-14(19)18-9-12-3-1-2-6-17-12/h4-5,7,12,17H,1-3,6,8-9H2,(H,18,19)/t12-/m0/s1. The van der Waals surface area contributed by atoms with Crippen LogP contribution in [0.1, 0.15) is 24.8 Å². The first-order valence-electron chi connectivity index (χ1n) is 6.59. The molecule has 5 heteroatoms. The summed E-state index contributed by atoms with van der Waals surface area (Å²) in [4.78, 5) is 11.7. The van der Waals surface area contributed by atoms with E-state index in [-0.39, 0.29) is 23.9 Å². The second kappa shape index (κ2) is 6.61. The highest BCUT2D eigenvalue weighted by Gasteiger charge is 2.14. The van der Waals surface area contributed by atoms with Crippen molar-refractivity contribution in [1.82, 2.24) is 10.6 Å². The van der Waals surface area contributed by atoms with Crippen molar-refractivity contribution in [2.75, 3.05) is 13.1 Å². The molecule has 2 N–H and O–H groups in total. The molecule has 1 saturated heterocycles. The molecule has 0 aliphatic carbocycles. The van der Waals surface area contributed by atoms with Crippen molar-refractivity contribution in [2.45, 2.75) is 31.7 Å². The molecule has 1 heterocycles. The number of rotatable bonds is 4. The van der Waals surface area contributed by atoms with E-state index in [0.717, 1.165) is 37.6 Å². The van der Waals surface area contributed by atoms with Crippen molar-refractivity contribution in [2.24, 2.45) is 0 Å². The highest BCUT2D eigenvalue weighted by molar-refractivity contribution is 5.78. The van der Waals surface area contributed by atoms with E-state index in [0.29, 0.717) is 6.54 Å². The van der Waals surface area contributed by atoms with Crippen molar-refractivity contribution in [3.8, 4) is 0 Å². The molecule has 19 heavy (non-hydrogen) atoms. The molecule has 0 aromatic heterocycles. The molecule has 0 bridgehead atoms. The molecule has 1 aromatic carbocycles. The van der Waals surface area contributed by atoms with E-state index in [2.05, 4.69) is 10.6 Å². The summed E-state index contributed by atoms with van der Waals surface area (Å²) >= 11 is 0. The van der Waals surface area contributed by atoms with Gasteiger partial charge in [0.05, 0.1) is 6.42 Å². The number of hydrogen-bond donors (Lipinski definition) is 2. The molecule has 3 nitrogen and oxygen atoms in total. The summed E-state index contributed by atoms with van der Waals surface area (Å²) < 4.78 is 26.3. The third-order valence-corrected chi connectivity index (χ3v) is 3.32. The lowest BCUT2D eigenvalue weighted by Gasteiger charge is -2.23. The van der Waals surface area contributed by atoms with Crippen LogP contribution < -0.4 is 10.6 Å². The third-order valence-electron chi connectivity index (χ3n) is 3.32. The fourth-order valence-electron chi connectivity index (χ4n) is 2.25. The Labute approximate surface area is 111 Å². The van der Waals surface area contributed by atoms with E-state index in [1.165, 1.54) is 6.42 Å². The van der Waals surface area contributed by atoms with Crippen LogP contribution in [0.25, 0.3) is 0 Å². The van der Waals surface area contributed by atoms with Crippen LogP contribution in [0.3, 0.4) is 0 Å². The molecular formula is C14H18F2N2O. The summed E-state index contributed by atoms with van der Waals surface area (Å²) in [6.07, 6.45) is 3.23. The van der Waals surface area contributed by atoms with E-state index in [4.69, 9.17) is 0 Å². The smallest absolute Gasteiger partial charge is 0.224 e. The van der Waals surface area contributed by atoms with E-state index >= 15 is 0 Å². The van der Waals surface area contributed by atoms with Gasteiger partial charge in [0, 0.05) is 18.2 Å². The highest BCUT2D eigenvalue weighted by atomic mass is 19.1. The molecular weight excluding hydrogens is 250 g/mol. The van der Waals surface area contributed by atoms with Crippen molar-refractivity contribution in [3.05, 3.63) is 35.4 Å². The predicted molar refractivity (Wildman–Crippen MR) is 68.7 cm³/mol. The van der Waals surface area contributed by atoms with Gasteiger partial charge >= 0.3 is 0 Å². The molecule has 104 valence electrons. The summed E-state index contributed by atoms with van der Waals surface area (Å²) in [7, 11) is 0. The molecule has 1 aliphatic heterocycles. The van der Waals surface area contributed by atoms with Gasteiger partial charge in [-0.05, 0) is 37.6 Å². The molecule has 1 atom stereocenters. The minimum Gasteiger partial charge on any atom is -0.354 e. The van der Waals surface area contributed by atoms with Crippen LogP contribution in [0.5, 0.6) is 0 Å². The lowest BCUT2D eigenvalue weighted by Crippen LogP contribution is -2.43. The van der Waals surface area contributed by atoms with Crippen molar-refractivity contribution in [1.29, 1.82) is 0 Å². The summed E-state index contributed by atoms with van der Waals surface area (Å²) in [5.41, 5.74) is 0.0918. The van der Waals surface area contributed by atoms with Crippen molar-refractivity contribution < 1.29 is 13.6 Å². The van der Waals surface area contributed by atoms with Crippen LogP contribution in [-0.2, 0) is 11.2 Å². The highest BCUT2D eigenvalue weighted by Crippen LogP contribution is 2.10. The van der Waals surface area contributed by atoms with E-state index in [9.17, 15) is 13.6 Å². The number of amides is 1. The first kappa shape index (κ1) is 13.9. The minimum atomic E-state index is -0.549. The SMILES string of the molecule is O=C(Cc1cc(F)ccc1F)NC[C@@H]1CCCCN1. The van der Waals surface area contributed by atoms with Crippen LogP contribution in [0.15, 0.2) is 18.2 Å². The van der Waals surface area contributed by atoms with Gasteiger partial charge in [-0.1, -0.05) is 6.42 Å². The minimum absolute atomic E-state index is 0.0918. The number of carbonyl (C=O) groups excluding carboxylic acids is 1. The number of hydrogen-bond acceptors (Lipinski definition) is 2. The van der Waals surface area contributed by atoms with Crippen LogP contribution in [-0.4, -0.2) is 25.0 Å². The van der Waals surface area contributed by atoms with Gasteiger partial charge in [-0.2, -0.15) is 0 Å². The Morgan fingerprint density at radius 3 is 2.95 bits per heavy atom. The lowest BCUT2D eigenvalue weighted by atomic mass is 10.0. The number of halogens is 2. The van der Waals surface area contributed by atoms with Gasteiger partial charge in [0.1, 0.15) is 11.6 Å². The van der Waals surface area contributed by atoms with Gasteiger partial charge in [-0.25, -0.2) is 8.78 Å². The predicted octanol–water partition coefficient (Wildman–Crippen LogP) is 1.77. The molecule has 0 unspecified atom stereocenters. The Morgan fingerprint density at radius 2 is 2.21 bits per heavy atom. The maximum Gasteiger partial charge on any atom is 0.224 e. The number of nitrogens with one attached hydrogen (secondary N) is 2. The van der Waals surface area contributed by atoms with Crippen LogP contribution in [0.2, 0.25) is 0 Å². The van der Waals surface area contributed by atoms with Gasteiger partial charge < -0.3 is 10.6 Å². The fourth-order valence-corrected chi connectivity index (χ4v) is 2.25. The Kier molecular flexibility index (Phi) is 4.85. The normalized spacial score (nSPS) is 19.2. The summed E-state index contributed by atoms with van der Waals surface area (Å²) in [6, 6.07) is 3.44. The quantitative estimate of drug-likeness (QED) is 0.873. The molecule has 1 aliphatic rings. The Morgan fingerprint density at radius 1 is 1.37 bits per heavy atom. The van der Waals surface area contributed by atoms with Crippen molar-refractivity contribution >= 4 is 5.91 Å². The zero-order valence-corrected chi connectivity index (χ0v) is 10.7. The average molecular weight is 268 g/mol. The topological polar surface area (TPSA) is 41.1 Å². The summed E-state index contributed by atoms with van der Waals surface area (Å²) in [6.45, 7) is 1.51. The van der Waals surface area contributed by atoms with Crippen LogP contribution >= 0.6 is 0 Å². The summed E-state index contributed by atoms with van der Waals surface area (Å²) in [5, 5.41) is 6.07. The largest absolute Gasteiger partial charge is 0.354 e. The molecule has 1 amide bonds. The second-order valence-electron chi connectivity index (χ2n) is 4.86. The number of piperidine rings is 1. The molecule has 0 radical (unpaired) electrons. The van der Waals surface area contributed by atoms with Gasteiger partial charge in [-0.15, -0.1) is 0 Å². The molecule has 1 aromatic rings. The van der Waals surface area contributed by atoms with Gasteiger partial charge in [0.25, 0.3) is 0 Å². The molecule has 2 rings (SSSR count). The Balaban J connectivity index is 1.81. The van der Waals surface area contributed by atoms with Crippen molar-refractivity contribution in [3.63, 3.8) is 0 Å². The lowest BCUT2D eigenvalue weighted by molar-refractivity contribution is -0.120. The first-order valence-corrected chi connectivity index (χ1v) is 6.59. The van der Waals surface area contributed by atoms with E-state index < -0.39 is 11.6 Å².